The molecule has 1 N–H and O–H groups in total. The van der Waals surface area contributed by atoms with E-state index in [4.69, 9.17) is 0 Å². The van der Waals surface area contributed by atoms with Crippen LogP contribution in [-0.4, -0.2) is 39.6 Å². The van der Waals surface area contributed by atoms with E-state index in [0.717, 1.165) is 0 Å². The smallest absolute Gasteiger partial charge is 0.424 e. The topological polar surface area (TPSA) is 63.6 Å². The fourth-order valence-electron chi connectivity index (χ4n) is 3.29. The molecule has 0 saturated carbocycles. The highest BCUT2D eigenvalue weighted by Crippen LogP contribution is 2.42. The molecule has 0 bridgehead atoms. The van der Waals surface area contributed by atoms with E-state index >= 15 is 0 Å². The maximum Gasteiger partial charge on any atom is 0.523 e. The van der Waals surface area contributed by atoms with Gasteiger partial charge in [0, 0.05) is 6.42 Å². The molecule has 172 valence electrons. The third-order valence-electron chi connectivity index (χ3n) is 5.19. The van der Waals surface area contributed by atoms with E-state index in [2.05, 4.69) is 4.18 Å². The standard InChI is InChI=1S/C20H23F5O4SSi/c1-18(2,13-14-19(21,22)15-29-30(26,27)20(23,24)25)31(28,16-9-5-3-6-10-16)17-11-7-4-8-12-17/h3-12,28H,13-15H2,1-2H3. The molecule has 2 aromatic carbocycles. The van der Waals surface area contributed by atoms with Gasteiger partial charge in [0.2, 0.25) is 0 Å². The summed E-state index contributed by atoms with van der Waals surface area (Å²) in [6.07, 6.45) is -1.26. The Kier molecular flexibility index (Phi) is 7.36. The molecule has 0 amide bonds. The number of rotatable bonds is 9. The number of hydrogen-bond acceptors (Lipinski definition) is 4. The van der Waals surface area contributed by atoms with Gasteiger partial charge in [0.15, 0.2) is 0 Å². The zero-order chi connectivity index (χ0) is 23.6. The van der Waals surface area contributed by atoms with Gasteiger partial charge in [0.25, 0.3) is 14.2 Å². The summed E-state index contributed by atoms with van der Waals surface area (Å²) in [5, 5.41) is 0.0954. The monoisotopic (exact) mass is 482 g/mol. The molecule has 0 fully saturated rings. The summed E-state index contributed by atoms with van der Waals surface area (Å²) in [4.78, 5) is 11.9. The van der Waals surface area contributed by atoms with Gasteiger partial charge < -0.3 is 4.80 Å². The van der Waals surface area contributed by atoms with Crippen LogP contribution in [-0.2, 0) is 14.3 Å². The molecule has 0 aliphatic carbocycles. The number of alkyl halides is 5. The zero-order valence-electron chi connectivity index (χ0n) is 16.9. The van der Waals surface area contributed by atoms with Crippen molar-refractivity contribution in [3.05, 3.63) is 60.7 Å². The molecule has 2 aromatic rings. The summed E-state index contributed by atoms with van der Waals surface area (Å²) in [5.74, 6) is -3.85. The second-order valence-electron chi connectivity index (χ2n) is 7.84. The van der Waals surface area contributed by atoms with Crippen LogP contribution < -0.4 is 10.4 Å². The van der Waals surface area contributed by atoms with Gasteiger partial charge in [-0.25, -0.2) is 8.78 Å². The fourth-order valence-corrected chi connectivity index (χ4v) is 7.48. The van der Waals surface area contributed by atoms with Crippen molar-refractivity contribution in [2.24, 2.45) is 0 Å². The Balaban J connectivity index is 2.27. The van der Waals surface area contributed by atoms with Crippen LogP contribution >= 0.6 is 0 Å². The molecule has 0 aliphatic heterocycles. The Morgan fingerprint density at radius 1 is 0.839 bits per heavy atom. The predicted molar refractivity (Wildman–Crippen MR) is 109 cm³/mol. The molecule has 2 rings (SSSR count). The predicted octanol–water partition coefficient (Wildman–Crippen LogP) is 3.80. The van der Waals surface area contributed by atoms with Gasteiger partial charge in [-0.2, -0.15) is 21.6 Å². The SMILES string of the molecule is CC(C)(CCC(F)(F)COS(=O)(=O)C(F)(F)F)[Si](O)(c1ccccc1)c1ccccc1. The molecule has 11 heteroatoms. The highest BCUT2D eigenvalue weighted by molar-refractivity contribution is 7.87. The van der Waals surface area contributed by atoms with Gasteiger partial charge in [-0.3, -0.25) is 4.18 Å². The van der Waals surface area contributed by atoms with Crippen LogP contribution in [0.1, 0.15) is 26.7 Å². The van der Waals surface area contributed by atoms with Crippen molar-refractivity contribution in [2.45, 2.75) is 43.2 Å². The maximum atomic E-state index is 14.2. The Labute approximate surface area is 178 Å². The molecule has 0 aliphatic rings. The minimum absolute atomic E-state index is 0.290. The van der Waals surface area contributed by atoms with E-state index in [1.807, 2.05) is 0 Å². The van der Waals surface area contributed by atoms with Crippen molar-refractivity contribution in [3.63, 3.8) is 0 Å². The summed E-state index contributed by atoms with van der Waals surface area (Å²) in [7, 11) is -9.71. The Morgan fingerprint density at radius 3 is 1.65 bits per heavy atom. The van der Waals surface area contributed by atoms with E-state index in [1.165, 1.54) is 0 Å². The minimum atomic E-state index is -6.12. The first-order valence-electron chi connectivity index (χ1n) is 9.29. The lowest BCUT2D eigenvalue weighted by molar-refractivity contribution is -0.0758. The van der Waals surface area contributed by atoms with E-state index in [9.17, 15) is 35.2 Å². The normalized spacial score (nSPS) is 13.9. The van der Waals surface area contributed by atoms with Crippen molar-refractivity contribution < 1.29 is 39.3 Å². The lowest BCUT2D eigenvalue weighted by Gasteiger charge is -2.41. The van der Waals surface area contributed by atoms with Crippen LogP contribution in [0.5, 0.6) is 0 Å². The summed E-state index contributed by atoms with van der Waals surface area (Å²) >= 11 is 0. The molecule has 0 radical (unpaired) electrons. The Bertz CT molecular complexity index is 925. The summed E-state index contributed by atoms with van der Waals surface area (Å²) in [6, 6.07) is 17.2. The van der Waals surface area contributed by atoms with Gasteiger partial charge in [-0.05, 0) is 21.8 Å². The average Bonchev–Trinajstić information content (AvgIpc) is 2.71. The lowest BCUT2D eigenvalue weighted by atomic mass is 10.0. The van der Waals surface area contributed by atoms with Crippen molar-refractivity contribution in [3.8, 4) is 0 Å². The second kappa shape index (κ2) is 8.97. The van der Waals surface area contributed by atoms with E-state index < -0.39 is 47.9 Å². The van der Waals surface area contributed by atoms with E-state index in [-0.39, 0.29) is 6.42 Å². The Morgan fingerprint density at radius 2 is 1.26 bits per heavy atom. The first kappa shape index (κ1) is 25.4. The van der Waals surface area contributed by atoms with Crippen LogP contribution in [0.3, 0.4) is 0 Å². The number of benzene rings is 2. The quantitative estimate of drug-likeness (QED) is 0.256. The largest absolute Gasteiger partial charge is 0.523 e. The van der Waals surface area contributed by atoms with Crippen LogP contribution in [0.25, 0.3) is 0 Å². The summed E-state index contributed by atoms with van der Waals surface area (Å²) in [6.45, 7) is 1.30. The maximum absolute atomic E-state index is 14.2. The molecule has 0 atom stereocenters. The first-order chi connectivity index (χ1) is 14.1. The third kappa shape index (κ3) is 5.70. The van der Waals surface area contributed by atoms with Crippen LogP contribution in [0.2, 0.25) is 5.04 Å². The van der Waals surface area contributed by atoms with Gasteiger partial charge in [0.05, 0.1) is 0 Å². The first-order valence-corrected chi connectivity index (χ1v) is 12.6. The number of hydrogen-bond donors (Lipinski definition) is 1. The molecule has 0 aromatic heterocycles. The summed E-state index contributed by atoms with van der Waals surface area (Å²) < 4.78 is 90.8. The van der Waals surface area contributed by atoms with Crippen LogP contribution in [0.4, 0.5) is 22.0 Å². The summed E-state index contributed by atoms with van der Waals surface area (Å²) in [5.41, 5.74) is -5.78. The van der Waals surface area contributed by atoms with Crippen molar-refractivity contribution >= 4 is 28.8 Å². The molecule has 31 heavy (non-hydrogen) atoms. The molecular weight excluding hydrogens is 459 g/mol. The zero-order valence-corrected chi connectivity index (χ0v) is 18.7. The van der Waals surface area contributed by atoms with Gasteiger partial charge in [0.1, 0.15) is 6.61 Å². The molecule has 0 saturated heterocycles. The van der Waals surface area contributed by atoms with Gasteiger partial charge >= 0.3 is 15.6 Å². The highest BCUT2D eigenvalue weighted by atomic mass is 32.2. The second-order valence-corrected chi connectivity index (χ2v) is 13.4. The molecule has 0 heterocycles. The fraction of sp³-hybridized carbons (Fsp3) is 0.400. The molecule has 0 unspecified atom stereocenters. The van der Waals surface area contributed by atoms with Crippen LogP contribution in [0.15, 0.2) is 60.7 Å². The highest BCUT2D eigenvalue weighted by Gasteiger charge is 2.52. The number of halogens is 5. The minimum Gasteiger partial charge on any atom is -0.424 e. The van der Waals surface area contributed by atoms with Gasteiger partial charge in [-0.1, -0.05) is 74.5 Å². The van der Waals surface area contributed by atoms with E-state index in [1.54, 1.807) is 74.5 Å². The Hall–Kier alpha value is -1.82. The lowest BCUT2D eigenvalue weighted by Crippen LogP contribution is -2.65. The van der Waals surface area contributed by atoms with Crippen LogP contribution in [0, 0.1) is 0 Å². The van der Waals surface area contributed by atoms with E-state index in [0.29, 0.717) is 10.4 Å². The molecular formula is C20H23F5O4SSi. The van der Waals surface area contributed by atoms with Crippen molar-refractivity contribution in [1.82, 2.24) is 0 Å². The molecule has 0 spiro atoms. The third-order valence-corrected chi connectivity index (χ3v) is 10.7. The average molecular weight is 483 g/mol. The van der Waals surface area contributed by atoms with Crippen molar-refractivity contribution in [2.75, 3.05) is 6.61 Å². The van der Waals surface area contributed by atoms with Gasteiger partial charge in [-0.15, -0.1) is 0 Å². The molecule has 4 nitrogen and oxygen atoms in total. The van der Waals surface area contributed by atoms with Crippen molar-refractivity contribution in [1.29, 1.82) is 0 Å².